The van der Waals surface area contributed by atoms with Gasteiger partial charge in [-0.2, -0.15) is 0 Å². The molecule has 0 atom stereocenters. The molecule has 0 amide bonds. The van der Waals surface area contributed by atoms with Crippen molar-refractivity contribution in [1.29, 1.82) is 0 Å². The molecular weight excluding hydrogens is 345 g/mol. The summed E-state index contributed by atoms with van der Waals surface area (Å²) >= 11 is 0. The fourth-order valence-electron chi connectivity index (χ4n) is 3.60. The van der Waals surface area contributed by atoms with E-state index in [1.807, 2.05) is 24.3 Å². The van der Waals surface area contributed by atoms with Gasteiger partial charge in [-0.3, -0.25) is 4.79 Å². The lowest BCUT2D eigenvalue weighted by Gasteiger charge is -2.27. The van der Waals surface area contributed by atoms with E-state index in [0.29, 0.717) is 60.3 Å². The molecule has 1 aliphatic heterocycles. The molecule has 3 aromatic rings. The Morgan fingerprint density at radius 1 is 0.889 bits per heavy atom. The van der Waals surface area contributed by atoms with Gasteiger partial charge in [0, 0.05) is 29.8 Å². The minimum absolute atomic E-state index is 0.0894. The number of ketones is 1. The van der Waals surface area contributed by atoms with E-state index in [4.69, 9.17) is 14.7 Å². The van der Waals surface area contributed by atoms with Gasteiger partial charge in [-0.15, -0.1) is 0 Å². The Balaban J connectivity index is 1.75. The van der Waals surface area contributed by atoms with Crippen LogP contribution in [0.25, 0.3) is 22.5 Å². The van der Waals surface area contributed by atoms with Crippen molar-refractivity contribution in [2.75, 3.05) is 31.2 Å². The Morgan fingerprint density at radius 3 is 2.30 bits per heavy atom. The predicted molar refractivity (Wildman–Crippen MR) is 99.3 cm³/mol. The van der Waals surface area contributed by atoms with Crippen molar-refractivity contribution < 1.29 is 13.9 Å². The van der Waals surface area contributed by atoms with Crippen molar-refractivity contribution in [1.82, 2.24) is 9.97 Å². The second kappa shape index (κ2) is 6.25. The van der Waals surface area contributed by atoms with Crippen LogP contribution in [0.4, 0.5) is 10.3 Å². The molecule has 0 bridgehead atoms. The second-order valence-corrected chi connectivity index (χ2v) is 6.58. The van der Waals surface area contributed by atoms with E-state index < -0.39 is 0 Å². The maximum atomic E-state index is 13.4. The number of carbonyl (C=O) groups is 1. The summed E-state index contributed by atoms with van der Waals surface area (Å²) in [6.45, 7) is 2.61. The minimum Gasteiger partial charge on any atom is -0.378 e. The highest BCUT2D eigenvalue weighted by Crippen LogP contribution is 2.40. The van der Waals surface area contributed by atoms with E-state index in [1.54, 1.807) is 12.1 Å². The number of halogens is 1. The molecule has 1 aliphatic carbocycles. The van der Waals surface area contributed by atoms with Gasteiger partial charge < -0.3 is 9.64 Å². The number of carbonyl (C=O) groups excluding carboxylic acids is 1. The Labute approximate surface area is 155 Å². The number of nitrogens with zero attached hydrogens (tertiary/aromatic N) is 3. The first-order chi connectivity index (χ1) is 13.2. The van der Waals surface area contributed by atoms with E-state index in [-0.39, 0.29) is 11.6 Å². The predicted octanol–water partition coefficient (Wildman–Crippen LogP) is 3.33. The summed E-state index contributed by atoms with van der Waals surface area (Å²) < 4.78 is 18.8. The summed E-state index contributed by atoms with van der Waals surface area (Å²) in [4.78, 5) is 24.6. The van der Waals surface area contributed by atoms with Crippen LogP contribution in [0.3, 0.4) is 0 Å². The average molecular weight is 361 g/mol. The van der Waals surface area contributed by atoms with Crippen LogP contribution >= 0.6 is 0 Å². The highest BCUT2D eigenvalue weighted by atomic mass is 19.1. The molecule has 5 rings (SSSR count). The molecule has 2 aliphatic rings. The molecule has 1 fully saturated rings. The van der Waals surface area contributed by atoms with Crippen LogP contribution in [0.15, 0.2) is 48.5 Å². The number of benzene rings is 2. The number of hydrogen-bond acceptors (Lipinski definition) is 5. The van der Waals surface area contributed by atoms with Crippen LogP contribution < -0.4 is 4.90 Å². The maximum absolute atomic E-state index is 13.4. The van der Waals surface area contributed by atoms with Gasteiger partial charge in [-0.25, -0.2) is 14.4 Å². The second-order valence-electron chi connectivity index (χ2n) is 6.58. The molecule has 134 valence electrons. The summed E-state index contributed by atoms with van der Waals surface area (Å²) in [5.41, 5.74) is 3.82. The first kappa shape index (κ1) is 16.1. The molecule has 27 heavy (non-hydrogen) atoms. The van der Waals surface area contributed by atoms with Gasteiger partial charge in [0.2, 0.25) is 5.95 Å². The molecule has 0 spiro atoms. The van der Waals surface area contributed by atoms with Gasteiger partial charge in [0.25, 0.3) is 0 Å². The third-order valence-corrected chi connectivity index (χ3v) is 4.96. The molecule has 0 unspecified atom stereocenters. The lowest BCUT2D eigenvalue weighted by Crippen LogP contribution is -2.37. The minimum atomic E-state index is -0.326. The normalized spacial score (nSPS) is 15.6. The SMILES string of the molecule is O=C1c2ccccc2-c2nc(N3CCOCC3)nc(-c3ccc(F)cc3)c21. The largest absolute Gasteiger partial charge is 0.378 e. The van der Waals surface area contributed by atoms with Crippen LogP contribution in [0.5, 0.6) is 0 Å². The van der Waals surface area contributed by atoms with Crippen molar-refractivity contribution in [3.05, 3.63) is 65.5 Å². The van der Waals surface area contributed by atoms with Crippen LogP contribution in [0, 0.1) is 5.82 Å². The number of morpholine rings is 1. The molecule has 0 N–H and O–H groups in total. The molecule has 0 radical (unpaired) electrons. The van der Waals surface area contributed by atoms with Gasteiger partial charge in [-0.1, -0.05) is 24.3 Å². The first-order valence-electron chi connectivity index (χ1n) is 8.87. The molecule has 1 aromatic heterocycles. The van der Waals surface area contributed by atoms with Gasteiger partial charge in [0.1, 0.15) is 5.82 Å². The molecule has 1 saturated heterocycles. The van der Waals surface area contributed by atoms with Gasteiger partial charge in [0.05, 0.1) is 30.2 Å². The summed E-state index contributed by atoms with van der Waals surface area (Å²) in [5.74, 6) is 0.154. The van der Waals surface area contributed by atoms with E-state index in [1.165, 1.54) is 12.1 Å². The number of ether oxygens (including phenoxy) is 1. The van der Waals surface area contributed by atoms with E-state index in [9.17, 15) is 9.18 Å². The van der Waals surface area contributed by atoms with Crippen molar-refractivity contribution in [2.45, 2.75) is 0 Å². The molecule has 6 heteroatoms. The first-order valence-corrected chi connectivity index (χ1v) is 8.87. The Bertz CT molecular complexity index is 1040. The highest BCUT2D eigenvalue weighted by molar-refractivity contribution is 6.23. The third-order valence-electron chi connectivity index (χ3n) is 4.96. The fourth-order valence-corrected chi connectivity index (χ4v) is 3.60. The average Bonchev–Trinajstić information content (AvgIpc) is 3.01. The quantitative estimate of drug-likeness (QED) is 0.548. The van der Waals surface area contributed by atoms with Crippen molar-refractivity contribution in [3.8, 4) is 22.5 Å². The van der Waals surface area contributed by atoms with Crippen LogP contribution in [-0.2, 0) is 4.74 Å². The van der Waals surface area contributed by atoms with Crippen molar-refractivity contribution in [3.63, 3.8) is 0 Å². The fraction of sp³-hybridized carbons (Fsp3) is 0.190. The Hall–Kier alpha value is -3.12. The molecule has 2 heterocycles. The highest BCUT2D eigenvalue weighted by Gasteiger charge is 2.33. The number of hydrogen-bond donors (Lipinski definition) is 0. The molecule has 0 saturated carbocycles. The van der Waals surface area contributed by atoms with E-state index in [0.717, 1.165) is 5.56 Å². The lowest BCUT2D eigenvalue weighted by molar-refractivity contribution is 0.104. The van der Waals surface area contributed by atoms with Crippen molar-refractivity contribution >= 4 is 11.7 Å². The monoisotopic (exact) mass is 361 g/mol. The summed E-state index contributed by atoms with van der Waals surface area (Å²) in [6, 6.07) is 13.5. The van der Waals surface area contributed by atoms with Crippen LogP contribution in [0.2, 0.25) is 0 Å². The molecule has 5 nitrogen and oxygen atoms in total. The van der Waals surface area contributed by atoms with Gasteiger partial charge in [0.15, 0.2) is 5.78 Å². The number of aromatic nitrogens is 2. The number of fused-ring (bicyclic) bond motifs is 3. The van der Waals surface area contributed by atoms with Crippen molar-refractivity contribution in [2.24, 2.45) is 0 Å². The zero-order chi connectivity index (χ0) is 18.4. The molecular formula is C21H16FN3O2. The van der Waals surface area contributed by atoms with Crippen LogP contribution in [-0.4, -0.2) is 42.1 Å². The number of rotatable bonds is 2. The zero-order valence-corrected chi connectivity index (χ0v) is 14.5. The Morgan fingerprint density at radius 2 is 1.56 bits per heavy atom. The third kappa shape index (κ3) is 2.61. The smallest absolute Gasteiger partial charge is 0.226 e. The molecule has 2 aromatic carbocycles. The van der Waals surface area contributed by atoms with E-state index >= 15 is 0 Å². The van der Waals surface area contributed by atoms with E-state index in [2.05, 4.69) is 4.90 Å². The summed E-state index contributed by atoms with van der Waals surface area (Å²) in [6.07, 6.45) is 0. The summed E-state index contributed by atoms with van der Waals surface area (Å²) in [7, 11) is 0. The van der Waals surface area contributed by atoms with Crippen LogP contribution in [0.1, 0.15) is 15.9 Å². The van der Waals surface area contributed by atoms with Gasteiger partial charge in [-0.05, 0) is 24.3 Å². The lowest BCUT2D eigenvalue weighted by atomic mass is 10.0. The standard InChI is InChI=1S/C21H16FN3O2/c22-14-7-5-13(6-8-14)18-17-19(15-3-1-2-4-16(15)20(17)26)24-21(23-18)25-9-11-27-12-10-25/h1-8H,9-12H2. The summed E-state index contributed by atoms with van der Waals surface area (Å²) in [5, 5.41) is 0. The number of anilines is 1. The zero-order valence-electron chi connectivity index (χ0n) is 14.5. The Kier molecular flexibility index (Phi) is 3.72. The van der Waals surface area contributed by atoms with Gasteiger partial charge >= 0.3 is 0 Å². The topological polar surface area (TPSA) is 55.3 Å². The maximum Gasteiger partial charge on any atom is 0.226 e.